The maximum absolute atomic E-state index is 12.4. The second-order valence-electron chi connectivity index (χ2n) is 5.74. The molecule has 0 radical (unpaired) electrons. The Kier molecular flexibility index (Phi) is 4.05. The predicted molar refractivity (Wildman–Crippen MR) is 68.6 cm³/mol. The topological polar surface area (TPSA) is 49.6 Å². The van der Waals surface area contributed by atoms with Gasteiger partial charge in [-0.3, -0.25) is 4.79 Å². The predicted octanol–water partition coefficient (Wildman–Crippen LogP) is 0.666. The van der Waals surface area contributed by atoms with Gasteiger partial charge in [-0.2, -0.15) is 0 Å². The first-order valence-corrected chi connectivity index (χ1v) is 6.82. The minimum absolute atomic E-state index is 0.189. The van der Waals surface area contributed by atoms with Gasteiger partial charge in [0.1, 0.15) is 0 Å². The van der Waals surface area contributed by atoms with E-state index in [1.54, 1.807) is 0 Å². The minimum Gasteiger partial charge on any atom is -0.340 e. The molecule has 1 saturated heterocycles. The molecule has 17 heavy (non-hydrogen) atoms. The molecule has 1 amide bonds. The van der Waals surface area contributed by atoms with Gasteiger partial charge in [0, 0.05) is 37.6 Å². The fourth-order valence-electron chi connectivity index (χ4n) is 2.96. The van der Waals surface area contributed by atoms with E-state index in [-0.39, 0.29) is 12.0 Å². The molecule has 2 fully saturated rings. The van der Waals surface area contributed by atoms with Crippen molar-refractivity contribution in [2.45, 2.75) is 44.7 Å². The molecule has 2 N–H and O–H groups in total. The van der Waals surface area contributed by atoms with Crippen LogP contribution in [0.2, 0.25) is 0 Å². The van der Waals surface area contributed by atoms with Gasteiger partial charge >= 0.3 is 0 Å². The van der Waals surface area contributed by atoms with E-state index in [0.29, 0.717) is 11.9 Å². The van der Waals surface area contributed by atoms with Crippen molar-refractivity contribution in [3.8, 4) is 0 Å². The Hall–Kier alpha value is -0.610. The minimum atomic E-state index is 0.189. The summed E-state index contributed by atoms with van der Waals surface area (Å²) in [5.74, 6) is 0.537. The smallest absolute Gasteiger partial charge is 0.225 e. The lowest BCUT2D eigenvalue weighted by Crippen LogP contribution is -2.54. The molecule has 2 aliphatic rings. The van der Waals surface area contributed by atoms with Crippen LogP contribution in [0.1, 0.15) is 32.6 Å². The van der Waals surface area contributed by atoms with Crippen molar-refractivity contribution in [1.29, 1.82) is 0 Å². The number of rotatable bonds is 1. The lowest BCUT2D eigenvalue weighted by Gasteiger charge is -2.40. The monoisotopic (exact) mass is 239 g/mol. The van der Waals surface area contributed by atoms with Crippen molar-refractivity contribution < 1.29 is 4.79 Å². The van der Waals surface area contributed by atoms with Crippen LogP contribution in [0.4, 0.5) is 0 Å². The summed E-state index contributed by atoms with van der Waals surface area (Å²) in [5.41, 5.74) is 5.96. The number of carbonyl (C=O) groups is 1. The number of piperazine rings is 1. The number of carbonyl (C=O) groups excluding carboxylic acids is 1. The van der Waals surface area contributed by atoms with Gasteiger partial charge in [-0.05, 0) is 33.2 Å². The Morgan fingerprint density at radius 3 is 2.71 bits per heavy atom. The molecule has 98 valence electrons. The van der Waals surface area contributed by atoms with Crippen molar-refractivity contribution in [3.05, 3.63) is 0 Å². The second kappa shape index (κ2) is 5.36. The van der Waals surface area contributed by atoms with Crippen LogP contribution in [-0.4, -0.2) is 54.5 Å². The Morgan fingerprint density at radius 2 is 2.06 bits per heavy atom. The van der Waals surface area contributed by atoms with Gasteiger partial charge < -0.3 is 15.5 Å². The van der Waals surface area contributed by atoms with E-state index in [2.05, 4.69) is 18.9 Å². The fourth-order valence-corrected chi connectivity index (χ4v) is 2.96. The Labute approximate surface area is 104 Å². The van der Waals surface area contributed by atoms with Crippen LogP contribution in [0, 0.1) is 5.92 Å². The lowest BCUT2D eigenvalue weighted by atomic mass is 9.85. The van der Waals surface area contributed by atoms with Crippen molar-refractivity contribution in [3.63, 3.8) is 0 Å². The van der Waals surface area contributed by atoms with E-state index >= 15 is 0 Å². The average Bonchev–Trinajstić information content (AvgIpc) is 2.32. The zero-order valence-electron chi connectivity index (χ0n) is 11.1. The summed E-state index contributed by atoms with van der Waals surface area (Å²) < 4.78 is 0. The molecule has 0 aromatic carbocycles. The third-order valence-corrected chi connectivity index (χ3v) is 4.34. The van der Waals surface area contributed by atoms with Gasteiger partial charge in [0.2, 0.25) is 5.91 Å². The van der Waals surface area contributed by atoms with Gasteiger partial charge in [0.05, 0.1) is 0 Å². The summed E-state index contributed by atoms with van der Waals surface area (Å²) in [5, 5.41) is 0. The zero-order chi connectivity index (χ0) is 12.4. The van der Waals surface area contributed by atoms with Crippen LogP contribution in [0.3, 0.4) is 0 Å². The van der Waals surface area contributed by atoms with Gasteiger partial charge in [0.25, 0.3) is 0 Å². The first-order valence-electron chi connectivity index (χ1n) is 6.82. The number of amides is 1. The molecule has 1 heterocycles. The number of nitrogens with zero attached hydrogens (tertiary/aromatic N) is 2. The molecule has 2 rings (SSSR count). The molecule has 3 unspecified atom stereocenters. The van der Waals surface area contributed by atoms with E-state index in [1.807, 2.05) is 4.90 Å². The van der Waals surface area contributed by atoms with E-state index in [4.69, 9.17) is 5.73 Å². The first kappa shape index (κ1) is 12.8. The second-order valence-corrected chi connectivity index (χ2v) is 5.74. The Bertz CT molecular complexity index is 282. The van der Waals surface area contributed by atoms with E-state index in [0.717, 1.165) is 45.3 Å². The van der Waals surface area contributed by atoms with Crippen LogP contribution >= 0.6 is 0 Å². The fraction of sp³-hybridized carbons (Fsp3) is 0.923. The highest BCUT2D eigenvalue weighted by atomic mass is 16.2. The van der Waals surface area contributed by atoms with Crippen molar-refractivity contribution in [1.82, 2.24) is 9.80 Å². The number of likely N-dealkylation sites (N-methyl/N-ethyl adjacent to an activating group) is 1. The summed E-state index contributed by atoms with van der Waals surface area (Å²) in [6, 6.07) is 0.715. The van der Waals surface area contributed by atoms with Gasteiger partial charge in [0.15, 0.2) is 0 Å². The van der Waals surface area contributed by atoms with E-state index < -0.39 is 0 Å². The third-order valence-electron chi connectivity index (χ3n) is 4.34. The van der Waals surface area contributed by atoms with Gasteiger partial charge in [-0.15, -0.1) is 0 Å². The largest absolute Gasteiger partial charge is 0.340 e. The normalized spacial score (nSPS) is 35.9. The quantitative estimate of drug-likeness (QED) is 0.731. The Balaban J connectivity index is 1.91. The third kappa shape index (κ3) is 2.99. The summed E-state index contributed by atoms with van der Waals surface area (Å²) in [6.45, 7) is 4.93. The SMILES string of the molecule is CC1CN(C(=O)C2CCCC(N)C2)CCN1C. The van der Waals surface area contributed by atoms with Crippen LogP contribution in [0.15, 0.2) is 0 Å². The highest BCUT2D eigenvalue weighted by molar-refractivity contribution is 5.79. The van der Waals surface area contributed by atoms with Gasteiger partial charge in [-0.25, -0.2) is 0 Å². The first-order chi connectivity index (χ1) is 8.08. The van der Waals surface area contributed by atoms with Crippen LogP contribution in [0.25, 0.3) is 0 Å². The molecule has 1 aliphatic carbocycles. The number of nitrogens with two attached hydrogens (primary N) is 1. The lowest BCUT2D eigenvalue weighted by molar-refractivity contribution is -0.139. The van der Waals surface area contributed by atoms with E-state index in [9.17, 15) is 4.79 Å². The average molecular weight is 239 g/mol. The highest BCUT2D eigenvalue weighted by Crippen LogP contribution is 2.25. The standard InChI is InChI=1S/C13H25N3O/c1-10-9-16(7-6-15(10)2)13(17)11-4-3-5-12(14)8-11/h10-12H,3-9,14H2,1-2H3. The number of hydrogen-bond acceptors (Lipinski definition) is 3. The molecular formula is C13H25N3O. The van der Waals surface area contributed by atoms with Crippen LogP contribution < -0.4 is 5.73 Å². The van der Waals surface area contributed by atoms with Crippen LogP contribution in [0.5, 0.6) is 0 Å². The molecular weight excluding hydrogens is 214 g/mol. The molecule has 3 atom stereocenters. The summed E-state index contributed by atoms with van der Waals surface area (Å²) in [7, 11) is 2.13. The van der Waals surface area contributed by atoms with E-state index in [1.165, 1.54) is 0 Å². The zero-order valence-corrected chi connectivity index (χ0v) is 11.1. The van der Waals surface area contributed by atoms with Crippen LogP contribution in [-0.2, 0) is 4.79 Å². The summed E-state index contributed by atoms with van der Waals surface area (Å²) >= 11 is 0. The summed E-state index contributed by atoms with van der Waals surface area (Å²) in [4.78, 5) is 16.8. The van der Waals surface area contributed by atoms with Gasteiger partial charge in [-0.1, -0.05) is 6.42 Å². The van der Waals surface area contributed by atoms with Crippen molar-refractivity contribution >= 4 is 5.91 Å². The van der Waals surface area contributed by atoms with Crippen molar-refractivity contribution in [2.24, 2.45) is 11.7 Å². The molecule has 0 aromatic heterocycles. The molecule has 4 heteroatoms. The van der Waals surface area contributed by atoms with Crippen molar-refractivity contribution in [2.75, 3.05) is 26.7 Å². The Morgan fingerprint density at radius 1 is 1.29 bits per heavy atom. The molecule has 0 spiro atoms. The molecule has 0 bridgehead atoms. The molecule has 1 saturated carbocycles. The molecule has 4 nitrogen and oxygen atoms in total. The molecule has 0 aromatic rings. The summed E-state index contributed by atoms with van der Waals surface area (Å²) in [6.07, 6.45) is 4.12. The highest BCUT2D eigenvalue weighted by Gasteiger charge is 2.31. The maximum atomic E-state index is 12.4. The maximum Gasteiger partial charge on any atom is 0.225 e. The molecule has 1 aliphatic heterocycles. The number of hydrogen-bond donors (Lipinski definition) is 1.